The van der Waals surface area contributed by atoms with E-state index in [1.165, 1.54) is 15.9 Å². The Kier molecular flexibility index (Phi) is 3.71. The van der Waals surface area contributed by atoms with Gasteiger partial charge in [-0.25, -0.2) is 9.67 Å². The van der Waals surface area contributed by atoms with Crippen molar-refractivity contribution in [1.82, 2.24) is 20.1 Å². The van der Waals surface area contributed by atoms with E-state index in [0.29, 0.717) is 6.54 Å². The molecule has 0 spiro atoms. The largest absolute Gasteiger partial charge is 0.367 e. The van der Waals surface area contributed by atoms with E-state index in [9.17, 15) is 4.79 Å². The van der Waals surface area contributed by atoms with Crippen molar-refractivity contribution < 1.29 is 4.79 Å². The molecule has 2 rings (SSSR count). The third kappa shape index (κ3) is 3.56. The molecule has 2 heterocycles. The number of hydrogen-bond acceptors (Lipinski definition) is 5. The topological polar surface area (TPSA) is 85.8 Å². The van der Waals surface area contributed by atoms with Crippen LogP contribution < -0.4 is 11.1 Å². The van der Waals surface area contributed by atoms with Gasteiger partial charge in [-0.1, -0.05) is 6.07 Å². The van der Waals surface area contributed by atoms with Gasteiger partial charge in [0, 0.05) is 11.4 Å². The van der Waals surface area contributed by atoms with Crippen LogP contribution in [-0.2, 0) is 17.8 Å². The van der Waals surface area contributed by atoms with Crippen molar-refractivity contribution in [2.45, 2.75) is 13.0 Å². The summed E-state index contributed by atoms with van der Waals surface area (Å²) in [6.45, 7) is 0.776. The number of carbonyl (C=O) groups is 1. The summed E-state index contributed by atoms with van der Waals surface area (Å²) in [5.74, 6) is 0.0860. The minimum atomic E-state index is -0.0912. The highest BCUT2D eigenvalue weighted by Gasteiger charge is 2.04. The summed E-state index contributed by atoms with van der Waals surface area (Å²) in [5, 5.41) is 8.67. The highest BCUT2D eigenvalue weighted by atomic mass is 32.1. The lowest BCUT2D eigenvalue weighted by atomic mass is 10.3. The molecule has 0 saturated carbocycles. The smallest absolute Gasteiger partial charge is 0.241 e. The number of thiophene rings is 1. The molecule has 0 saturated heterocycles. The van der Waals surface area contributed by atoms with Crippen LogP contribution in [0.3, 0.4) is 0 Å². The second-order valence-corrected chi connectivity index (χ2v) is 4.51. The van der Waals surface area contributed by atoms with E-state index in [1.54, 1.807) is 11.3 Å². The van der Waals surface area contributed by atoms with Crippen molar-refractivity contribution in [1.29, 1.82) is 0 Å². The SMILES string of the molecule is Nc1ncn(CC(=O)NCCc2cccs2)n1. The van der Waals surface area contributed by atoms with Crippen LogP contribution in [0, 0.1) is 0 Å². The van der Waals surface area contributed by atoms with E-state index in [1.807, 2.05) is 11.4 Å². The maximum atomic E-state index is 11.5. The molecule has 0 atom stereocenters. The highest BCUT2D eigenvalue weighted by Crippen LogP contribution is 2.07. The first-order valence-corrected chi connectivity index (χ1v) is 6.06. The summed E-state index contributed by atoms with van der Waals surface area (Å²) in [7, 11) is 0. The minimum absolute atomic E-state index is 0.0912. The minimum Gasteiger partial charge on any atom is -0.367 e. The summed E-state index contributed by atoms with van der Waals surface area (Å²) in [6, 6.07) is 4.05. The number of nitrogens with one attached hydrogen (secondary N) is 1. The van der Waals surface area contributed by atoms with Crippen LogP contribution in [-0.4, -0.2) is 27.2 Å². The van der Waals surface area contributed by atoms with Gasteiger partial charge in [0.1, 0.15) is 12.9 Å². The molecule has 2 aromatic rings. The Morgan fingerprint density at radius 1 is 1.59 bits per heavy atom. The molecule has 0 aliphatic rings. The second kappa shape index (κ2) is 5.44. The molecule has 0 aromatic carbocycles. The van der Waals surface area contributed by atoms with E-state index in [2.05, 4.69) is 21.5 Å². The molecule has 2 aromatic heterocycles. The Bertz CT molecular complexity index is 479. The van der Waals surface area contributed by atoms with Gasteiger partial charge in [0.05, 0.1) is 0 Å². The van der Waals surface area contributed by atoms with Crippen LogP contribution in [0.1, 0.15) is 4.88 Å². The quantitative estimate of drug-likeness (QED) is 0.799. The summed E-state index contributed by atoms with van der Waals surface area (Å²) in [5.41, 5.74) is 5.35. The van der Waals surface area contributed by atoms with Gasteiger partial charge in [-0.15, -0.1) is 16.4 Å². The molecule has 1 amide bonds. The molecular formula is C10H13N5OS. The molecular weight excluding hydrogens is 238 g/mol. The zero-order valence-corrected chi connectivity index (χ0v) is 9.98. The number of amides is 1. The number of aromatic nitrogens is 3. The standard InChI is InChI=1S/C10H13N5OS/c11-10-13-7-15(14-10)6-9(16)12-4-3-8-2-1-5-17-8/h1-2,5,7H,3-4,6H2,(H2,11,14)(H,12,16). The van der Waals surface area contributed by atoms with Crippen LogP contribution in [0.15, 0.2) is 23.8 Å². The van der Waals surface area contributed by atoms with Gasteiger partial charge in [0.15, 0.2) is 0 Å². The Labute approximate surface area is 102 Å². The fraction of sp³-hybridized carbons (Fsp3) is 0.300. The summed E-state index contributed by atoms with van der Waals surface area (Å²) < 4.78 is 1.41. The van der Waals surface area contributed by atoms with E-state index < -0.39 is 0 Å². The van der Waals surface area contributed by atoms with Crippen molar-refractivity contribution in [2.24, 2.45) is 0 Å². The Hall–Kier alpha value is -1.89. The van der Waals surface area contributed by atoms with E-state index in [0.717, 1.165) is 6.42 Å². The van der Waals surface area contributed by atoms with Gasteiger partial charge < -0.3 is 11.1 Å². The third-order valence-corrected chi connectivity index (χ3v) is 3.07. The molecule has 0 fully saturated rings. The van der Waals surface area contributed by atoms with Gasteiger partial charge >= 0.3 is 0 Å². The molecule has 0 unspecified atom stereocenters. The zero-order chi connectivity index (χ0) is 12.1. The Morgan fingerprint density at radius 3 is 3.12 bits per heavy atom. The molecule has 6 nitrogen and oxygen atoms in total. The molecule has 0 radical (unpaired) electrons. The fourth-order valence-electron chi connectivity index (χ4n) is 1.37. The highest BCUT2D eigenvalue weighted by molar-refractivity contribution is 7.09. The summed E-state index contributed by atoms with van der Waals surface area (Å²) >= 11 is 1.69. The van der Waals surface area contributed by atoms with Crippen molar-refractivity contribution in [3.8, 4) is 0 Å². The lowest BCUT2D eigenvalue weighted by Gasteiger charge is -2.03. The molecule has 0 bridgehead atoms. The number of anilines is 1. The number of nitrogens with zero attached hydrogens (tertiary/aromatic N) is 3. The first-order chi connectivity index (χ1) is 8.24. The number of rotatable bonds is 5. The first-order valence-electron chi connectivity index (χ1n) is 5.18. The molecule has 3 N–H and O–H groups in total. The molecule has 90 valence electrons. The van der Waals surface area contributed by atoms with Crippen LogP contribution in [0.2, 0.25) is 0 Å². The van der Waals surface area contributed by atoms with Crippen LogP contribution in [0.25, 0.3) is 0 Å². The van der Waals surface area contributed by atoms with Gasteiger partial charge in [-0.3, -0.25) is 4.79 Å². The third-order valence-electron chi connectivity index (χ3n) is 2.13. The van der Waals surface area contributed by atoms with Crippen molar-refractivity contribution in [3.63, 3.8) is 0 Å². The van der Waals surface area contributed by atoms with Crippen molar-refractivity contribution in [2.75, 3.05) is 12.3 Å². The molecule has 0 aliphatic heterocycles. The van der Waals surface area contributed by atoms with Gasteiger partial charge in [0.2, 0.25) is 11.9 Å². The fourth-order valence-corrected chi connectivity index (χ4v) is 2.08. The van der Waals surface area contributed by atoms with E-state index in [-0.39, 0.29) is 18.4 Å². The maximum absolute atomic E-state index is 11.5. The van der Waals surface area contributed by atoms with Gasteiger partial charge in [-0.05, 0) is 17.9 Å². The molecule has 0 aliphatic carbocycles. The number of carbonyl (C=O) groups excluding carboxylic acids is 1. The monoisotopic (exact) mass is 251 g/mol. The van der Waals surface area contributed by atoms with Gasteiger partial charge in [0.25, 0.3) is 0 Å². The first kappa shape index (κ1) is 11.6. The average molecular weight is 251 g/mol. The van der Waals surface area contributed by atoms with E-state index >= 15 is 0 Å². The number of nitrogen functional groups attached to an aromatic ring is 1. The van der Waals surface area contributed by atoms with Crippen LogP contribution in [0.5, 0.6) is 0 Å². The predicted molar refractivity (Wildman–Crippen MR) is 65.5 cm³/mol. The zero-order valence-electron chi connectivity index (χ0n) is 9.17. The van der Waals surface area contributed by atoms with Crippen molar-refractivity contribution in [3.05, 3.63) is 28.7 Å². The second-order valence-electron chi connectivity index (χ2n) is 3.48. The summed E-state index contributed by atoms with van der Waals surface area (Å²) in [4.78, 5) is 16.5. The number of nitrogens with two attached hydrogens (primary N) is 1. The molecule has 7 heteroatoms. The normalized spacial score (nSPS) is 10.4. The lowest BCUT2D eigenvalue weighted by molar-refractivity contribution is -0.121. The predicted octanol–water partition coefficient (Wildman–Crippen LogP) is 0.281. The summed E-state index contributed by atoms with van der Waals surface area (Å²) in [6.07, 6.45) is 2.29. The Balaban J connectivity index is 1.71. The van der Waals surface area contributed by atoms with Crippen molar-refractivity contribution >= 4 is 23.2 Å². The Morgan fingerprint density at radius 2 is 2.47 bits per heavy atom. The van der Waals surface area contributed by atoms with E-state index in [4.69, 9.17) is 5.73 Å². The maximum Gasteiger partial charge on any atom is 0.241 e. The molecule has 17 heavy (non-hydrogen) atoms. The number of hydrogen-bond donors (Lipinski definition) is 2. The lowest BCUT2D eigenvalue weighted by Crippen LogP contribution is -2.29. The average Bonchev–Trinajstić information content (AvgIpc) is 2.90. The van der Waals surface area contributed by atoms with Crippen LogP contribution in [0.4, 0.5) is 5.95 Å². The van der Waals surface area contributed by atoms with Gasteiger partial charge in [-0.2, -0.15) is 0 Å². The van der Waals surface area contributed by atoms with Crippen LogP contribution >= 0.6 is 11.3 Å².